The van der Waals surface area contributed by atoms with E-state index >= 15 is 0 Å². The maximum atomic E-state index is 13.4. The Bertz CT molecular complexity index is 1120. The highest BCUT2D eigenvalue weighted by Crippen LogP contribution is 2.21. The number of nitrogens with one attached hydrogen (secondary N) is 1. The van der Waals surface area contributed by atoms with Gasteiger partial charge in [0.15, 0.2) is 5.82 Å². The Morgan fingerprint density at radius 1 is 1.22 bits per heavy atom. The van der Waals surface area contributed by atoms with Crippen molar-refractivity contribution in [1.29, 1.82) is 0 Å². The van der Waals surface area contributed by atoms with E-state index in [1.807, 2.05) is 23.6 Å². The fourth-order valence-corrected chi connectivity index (χ4v) is 4.01. The summed E-state index contributed by atoms with van der Waals surface area (Å²) in [5.41, 5.74) is 2.18. The van der Waals surface area contributed by atoms with Crippen molar-refractivity contribution in [1.82, 2.24) is 19.9 Å². The predicted octanol–water partition coefficient (Wildman–Crippen LogP) is 4.33. The van der Waals surface area contributed by atoms with Crippen molar-refractivity contribution in [3.8, 4) is 11.4 Å². The van der Waals surface area contributed by atoms with Gasteiger partial charge >= 0.3 is 0 Å². The van der Waals surface area contributed by atoms with Gasteiger partial charge in [0.2, 0.25) is 4.96 Å². The predicted molar refractivity (Wildman–Crippen MR) is 106 cm³/mol. The molecular formula is C19H14BrFN4OS. The zero-order valence-corrected chi connectivity index (χ0v) is 16.4. The van der Waals surface area contributed by atoms with Crippen molar-refractivity contribution in [3.05, 3.63) is 75.5 Å². The number of benzene rings is 2. The molecule has 0 aliphatic heterocycles. The van der Waals surface area contributed by atoms with E-state index in [0.717, 1.165) is 15.1 Å². The second kappa shape index (κ2) is 7.58. The molecule has 0 aliphatic carbocycles. The topological polar surface area (TPSA) is 59.3 Å². The number of amides is 1. The summed E-state index contributed by atoms with van der Waals surface area (Å²) in [5.74, 6) is 0.0357. The lowest BCUT2D eigenvalue weighted by Crippen LogP contribution is -2.26. The second-order valence-electron chi connectivity index (χ2n) is 5.85. The van der Waals surface area contributed by atoms with Crippen molar-refractivity contribution >= 4 is 38.1 Å². The van der Waals surface area contributed by atoms with Gasteiger partial charge in [0.25, 0.3) is 5.91 Å². The molecule has 0 spiro atoms. The molecule has 0 aliphatic rings. The molecular weight excluding hydrogens is 431 g/mol. The third kappa shape index (κ3) is 3.77. The molecule has 2 heterocycles. The van der Waals surface area contributed by atoms with Crippen molar-refractivity contribution in [2.24, 2.45) is 0 Å². The van der Waals surface area contributed by atoms with Gasteiger partial charge in [-0.15, -0.1) is 16.4 Å². The lowest BCUT2D eigenvalue weighted by molar-refractivity contribution is 0.0953. The van der Waals surface area contributed by atoms with Crippen LogP contribution in [0.2, 0.25) is 0 Å². The Hall–Kier alpha value is -2.58. The molecule has 1 N–H and O–H groups in total. The Morgan fingerprint density at radius 2 is 2.07 bits per heavy atom. The maximum Gasteiger partial charge on any atom is 0.252 e. The maximum absolute atomic E-state index is 13.4. The lowest BCUT2D eigenvalue weighted by Gasteiger charge is -2.06. The number of carbonyl (C=O) groups is 1. The number of carbonyl (C=O) groups excluding carboxylic acids is 1. The van der Waals surface area contributed by atoms with Crippen LogP contribution in [0.1, 0.15) is 16.1 Å². The molecule has 4 aromatic rings. The Morgan fingerprint density at radius 3 is 2.89 bits per heavy atom. The summed E-state index contributed by atoms with van der Waals surface area (Å²) >= 11 is 4.85. The van der Waals surface area contributed by atoms with E-state index in [1.54, 1.807) is 22.7 Å². The molecule has 1 amide bonds. The Balaban J connectivity index is 1.47. The second-order valence-corrected chi connectivity index (χ2v) is 7.54. The number of aromatic nitrogens is 3. The third-order valence-electron chi connectivity index (χ3n) is 4.02. The number of thiazole rings is 1. The first-order chi connectivity index (χ1) is 13.1. The normalized spacial score (nSPS) is 11.0. The molecule has 136 valence electrons. The van der Waals surface area contributed by atoms with Gasteiger partial charge in [0, 0.05) is 28.4 Å². The molecule has 0 fully saturated rings. The van der Waals surface area contributed by atoms with Gasteiger partial charge in [-0.2, -0.15) is 4.98 Å². The van der Waals surface area contributed by atoms with Crippen molar-refractivity contribution in [2.45, 2.75) is 6.42 Å². The third-order valence-corrected chi connectivity index (χ3v) is 5.57. The van der Waals surface area contributed by atoms with Crippen molar-refractivity contribution in [3.63, 3.8) is 0 Å². The highest BCUT2D eigenvalue weighted by molar-refractivity contribution is 9.10. The van der Waals surface area contributed by atoms with E-state index in [4.69, 9.17) is 0 Å². The van der Waals surface area contributed by atoms with Crippen LogP contribution in [0.5, 0.6) is 0 Å². The van der Waals surface area contributed by atoms with E-state index in [1.165, 1.54) is 23.5 Å². The smallest absolute Gasteiger partial charge is 0.252 e. The average Bonchev–Trinajstić information content (AvgIpc) is 3.24. The van der Waals surface area contributed by atoms with E-state index < -0.39 is 0 Å². The molecule has 5 nitrogen and oxygen atoms in total. The van der Waals surface area contributed by atoms with Crippen LogP contribution < -0.4 is 5.32 Å². The minimum atomic E-state index is -0.319. The van der Waals surface area contributed by atoms with Gasteiger partial charge in [-0.1, -0.05) is 24.3 Å². The molecule has 0 bridgehead atoms. The summed E-state index contributed by atoms with van der Waals surface area (Å²) < 4.78 is 15.9. The van der Waals surface area contributed by atoms with E-state index in [9.17, 15) is 9.18 Å². The van der Waals surface area contributed by atoms with Gasteiger partial charge in [-0.3, -0.25) is 4.79 Å². The summed E-state index contributed by atoms with van der Waals surface area (Å²) in [5, 5.41) is 9.36. The zero-order valence-electron chi connectivity index (χ0n) is 14.0. The van der Waals surface area contributed by atoms with E-state index in [-0.39, 0.29) is 11.7 Å². The molecule has 0 atom stereocenters. The van der Waals surface area contributed by atoms with Crippen LogP contribution in [0.3, 0.4) is 0 Å². The molecule has 0 radical (unpaired) electrons. The minimum Gasteiger partial charge on any atom is -0.352 e. The molecule has 0 saturated heterocycles. The SMILES string of the molecule is O=C(NCCc1csc2nc(-c3cccc(F)c3)nn12)c1ccccc1Br. The molecule has 8 heteroatoms. The van der Waals surface area contributed by atoms with Crippen molar-refractivity contribution < 1.29 is 9.18 Å². The molecule has 4 rings (SSSR count). The molecule has 2 aromatic heterocycles. The van der Waals surface area contributed by atoms with Gasteiger partial charge in [-0.25, -0.2) is 8.91 Å². The average molecular weight is 445 g/mol. The Kier molecular flexibility index (Phi) is 5.00. The van der Waals surface area contributed by atoms with E-state index in [2.05, 4.69) is 31.3 Å². The minimum absolute atomic E-state index is 0.131. The van der Waals surface area contributed by atoms with Gasteiger partial charge in [-0.05, 0) is 40.2 Å². The number of nitrogens with zero attached hydrogens (tertiary/aromatic N) is 3. The van der Waals surface area contributed by atoms with Crippen LogP contribution >= 0.6 is 27.3 Å². The highest BCUT2D eigenvalue weighted by atomic mass is 79.9. The quantitative estimate of drug-likeness (QED) is 0.498. The van der Waals surface area contributed by atoms with Crippen LogP contribution in [0.25, 0.3) is 16.3 Å². The fourth-order valence-electron chi connectivity index (χ4n) is 2.69. The number of hydrogen-bond acceptors (Lipinski definition) is 4. The van der Waals surface area contributed by atoms with Crippen LogP contribution in [0.4, 0.5) is 4.39 Å². The number of halogens is 2. The standard InChI is InChI=1S/C19H14BrFN4OS/c20-16-7-2-1-6-15(16)18(26)22-9-8-14-11-27-19-23-17(24-25(14)19)12-4-3-5-13(21)10-12/h1-7,10-11H,8-9H2,(H,22,26). The summed E-state index contributed by atoms with van der Waals surface area (Å²) in [6.45, 7) is 0.473. The van der Waals surface area contributed by atoms with Crippen LogP contribution in [-0.4, -0.2) is 27.0 Å². The van der Waals surface area contributed by atoms with Gasteiger partial charge < -0.3 is 5.32 Å². The molecule has 27 heavy (non-hydrogen) atoms. The monoisotopic (exact) mass is 444 g/mol. The van der Waals surface area contributed by atoms with E-state index in [0.29, 0.717) is 29.9 Å². The number of hydrogen-bond donors (Lipinski definition) is 1. The summed E-state index contributed by atoms with van der Waals surface area (Å²) in [4.78, 5) is 17.5. The first-order valence-electron chi connectivity index (χ1n) is 8.23. The molecule has 0 unspecified atom stereocenters. The summed E-state index contributed by atoms with van der Waals surface area (Å²) in [6, 6.07) is 13.5. The van der Waals surface area contributed by atoms with Gasteiger partial charge in [0.05, 0.1) is 11.3 Å². The molecule has 0 saturated carbocycles. The van der Waals surface area contributed by atoms with Gasteiger partial charge in [0.1, 0.15) is 5.82 Å². The first-order valence-corrected chi connectivity index (χ1v) is 9.91. The van der Waals surface area contributed by atoms with Crippen molar-refractivity contribution in [2.75, 3.05) is 6.54 Å². The number of rotatable bonds is 5. The summed E-state index contributed by atoms with van der Waals surface area (Å²) in [7, 11) is 0. The summed E-state index contributed by atoms with van der Waals surface area (Å²) in [6.07, 6.45) is 0.613. The Labute approximate surface area is 167 Å². The zero-order chi connectivity index (χ0) is 18.8. The number of fused-ring (bicyclic) bond motifs is 1. The first kappa shape index (κ1) is 17.8. The van der Waals surface area contributed by atoms with Crippen LogP contribution in [0.15, 0.2) is 58.4 Å². The molecule has 2 aromatic carbocycles. The van der Waals surface area contributed by atoms with Crippen LogP contribution in [0, 0.1) is 5.82 Å². The fraction of sp³-hybridized carbons (Fsp3) is 0.105. The van der Waals surface area contributed by atoms with Crippen LogP contribution in [-0.2, 0) is 6.42 Å². The largest absolute Gasteiger partial charge is 0.352 e. The lowest BCUT2D eigenvalue weighted by atomic mass is 10.2. The highest BCUT2D eigenvalue weighted by Gasteiger charge is 2.13.